The van der Waals surface area contributed by atoms with Crippen LogP contribution in [0.5, 0.6) is 5.75 Å². The van der Waals surface area contributed by atoms with Gasteiger partial charge in [0.25, 0.3) is 0 Å². The number of carbonyl (C=O) groups is 2. The number of amides is 1. The largest absolute Gasteiger partial charge is 0.492 e. The molecular formula is C15H18BrNO4. The highest BCUT2D eigenvalue weighted by molar-refractivity contribution is 9.10. The molecule has 0 radical (unpaired) electrons. The highest BCUT2D eigenvalue weighted by Gasteiger charge is 2.30. The average Bonchev–Trinajstić information content (AvgIpc) is 2.95. The van der Waals surface area contributed by atoms with Gasteiger partial charge in [0.1, 0.15) is 5.75 Å². The number of halogens is 1. The fraction of sp³-hybridized carbons (Fsp3) is 0.467. The van der Waals surface area contributed by atoms with Crippen LogP contribution in [0, 0.1) is 5.92 Å². The molecule has 0 bridgehead atoms. The molecule has 6 heteroatoms. The molecule has 1 amide bonds. The predicted octanol–water partition coefficient (Wildman–Crippen LogP) is 2.54. The summed E-state index contributed by atoms with van der Waals surface area (Å²) in [7, 11) is 0. The van der Waals surface area contributed by atoms with Crippen LogP contribution in [0.2, 0.25) is 0 Å². The van der Waals surface area contributed by atoms with Gasteiger partial charge in [0.2, 0.25) is 5.91 Å². The van der Waals surface area contributed by atoms with Crippen LogP contribution in [0.4, 0.5) is 0 Å². The smallest absolute Gasteiger partial charge is 0.308 e. The van der Waals surface area contributed by atoms with E-state index in [0.29, 0.717) is 39.0 Å². The Morgan fingerprint density at radius 2 is 2.14 bits per heavy atom. The lowest BCUT2D eigenvalue weighted by atomic mass is 10.1. The molecule has 1 heterocycles. The maximum Gasteiger partial charge on any atom is 0.308 e. The SMILES string of the molecule is O=C(O)[C@@H]1CCN(C(=O)CCCOc2ccccc2Br)C1. The summed E-state index contributed by atoms with van der Waals surface area (Å²) in [4.78, 5) is 24.5. The zero-order valence-corrected chi connectivity index (χ0v) is 13.2. The Hall–Kier alpha value is -1.56. The van der Waals surface area contributed by atoms with Crippen molar-refractivity contribution in [3.63, 3.8) is 0 Å². The second-order valence-electron chi connectivity index (χ2n) is 5.05. The van der Waals surface area contributed by atoms with E-state index in [1.165, 1.54) is 0 Å². The van der Waals surface area contributed by atoms with Gasteiger partial charge in [-0.05, 0) is 40.9 Å². The monoisotopic (exact) mass is 355 g/mol. The maximum atomic E-state index is 12.0. The van der Waals surface area contributed by atoms with Gasteiger partial charge in [-0.1, -0.05) is 12.1 Å². The molecule has 0 aromatic heterocycles. The van der Waals surface area contributed by atoms with Gasteiger partial charge < -0.3 is 14.7 Å². The lowest BCUT2D eigenvalue weighted by Gasteiger charge is -2.15. The maximum absolute atomic E-state index is 12.0. The van der Waals surface area contributed by atoms with E-state index in [1.54, 1.807) is 4.90 Å². The standard InChI is InChI=1S/C15H18BrNO4/c16-12-4-1-2-5-13(12)21-9-3-6-14(18)17-8-7-11(10-17)15(19)20/h1-2,4-5,11H,3,6-10H2,(H,19,20)/t11-/m1/s1. The first-order chi connectivity index (χ1) is 10.1. The molecule has 1 aliphatic heterocycles. The molecule has 1 aromatic carbocycles. The Bertz CT molecular complexity index is 520. The number of carboxylic acid groups (broad SMARTS) is 1. The van der Waals surface area contributed by atoms with Crippen molar-refractivity contribution in [3.05, 3.63) is 28.7 Å². The van der Waals surface area contributed by atoms with Crippen LogP contribution in [0.3, 0.4) is 0 Å². The third-order valence-electron chi connectivity index (χ3n) is 3.52. The Kier molecular flexibility index (Phi) is 5.61. The molecule has 21 heavy (non-hydrogen) atoms. The van der Waals surface area contributed by atoms with E-state index in [9.17, 15) is 9.59 Å². The van der Waals surface area contributed by atoms with Gasteiger partial charge in [0.15, 0.2) is 0 Å². The first-order valence-electron chi connectivity index (χ1n) is 6.96. The summed E-state index contributed by atoms with van der Waals surface area (Å²) in [6, 6.07) is 7.56. The number of carboxylic acids is 1. The Morgan fingerprint density at radius 1 is 1.38 bits per heavy atom. The minimum absolute atomic E-state index is 0.00878. The molecule has 1 saturated heterocycles. The van der Waals surface area contributed by atoms with Gasteiger partial charge >= 0.3 is 5.97 Å². The number of rotatable bonds is 6. The Balaban J connectivity index is 1.68. The number of para-hydroxylation sites is 1. The first kappa shape index (κ1) is 15.8. The molecule has 1 aromatic rings. The molecule has 0 spiro atoms. The summed E-state index contributed by atoms with van der Waals surface area (Å²) in [5, 5.41) is 8.92. The first-order valence-corrected chi connectivity index (χ1v) is 7.75. The zero-order valence-electron chi connectivity index (χ0n) is 11.6. The topological polar surface area (TPSA) is 66.8 Å². The van der Waals surface area contributed by atoms with E-state index in [0.717, 1.165) is 10.2 Å². The third kappa shape index (κ3) is 4.46. The molecular weight excluding hydrogens is 338 g/mol. The van der Waals surface area contributed by atoms with Gasteiger partial charge in [-0.2, -0.15) is 0 Å². The van der Waals surface area contributed by atoms with Crippen LogP contribution in [-0.2, 0) is 9.59 Å². The third-order valence-corrected chi connectivity index (χ3v) is 4.17. The van der Waals surface area contributed by atoms with E-state index in [4.69, 9.17) is 9.84 Å². The van der Waals surface area contributed by atoms with E-state index in [1.807, 2.05) is 24.3 Å². The number of benzene rings is 1. The number of nitrogens with zero attached hydrogens (tertiary/aromatic N) is 1. The van der Waals surface area contributed by atoms with Gasteiger partial charge in [-0.15, -0.1) is 0 Å². The van der Waals surface area contributed by atoms with Crippen molar-refractivity contribution in [2.75, 3.05) is 19.7 Å². The van der Waals surface area contributed by atoms with Crippen molar-refractivity contribution in [3.8, 4) is 5.75 Å². The minimum atomic E-state index is -0.817. The fourth-order valence-corrected chi connectivity index (χ4v) is 2.71. The van der Waals surface area contributed by atoms with Crippen molar-refractivity contribution >= 4 is 27.8 Å². The van der Waals surface area contributed by atoms with Crippen LogP contribution in [0.1, 0.15) is 19.3 Å². The molecule has 114 valence electrons. The number of ether oxygens (including phenoxy) is 1. The highest BCUT2D eigenvalue weighted by atomic mass is 79.9. The second-order valence-corrected chi connectivity index (χ2v) is 5.90. The highest BCUT2D eigenvalue weighted by Crippen LogP contribution is 2.24. The molecule has 1 fully saturated rings. The Labute approximate surface area is 132 Å². The number of aliphatic carboxylic acids is 1. The molecule has 1 aliphatic rings. The van der Waals surface area contributed by atoms with E-state index in [-0.39, 0.29) is 5.91 Å². The zero-order chi connectivity index (χ0) is 15.2. The molecule has 5 nitrogen and oxygen atoms in total. The van der Waals surface area contributed by atoms with Crippen molar-refractivity contribution in [2.24, 2.45) is 5.92 Å². The summed E-state index contributed by atoms with van der Waals surface area (Å²) in [6.07, 6.45) is 1.56. The number of hydrogen-bond donors (Lipinski definition) is 1. The molecule has 2 rings (SSSR count). The number of carbonyl (C=O) groups excluding carboxylic acids is 1. The molecule has 0 aliphatic carbocycles. The predicted molar refractivity (Wildman–Crippen MR) is 81.2 cm³/mol. The van der Waals surface area contributed by atoms with E-state index < -0.39 is 11.9 Å². The van der Waals surface area contributed by atoms with Gasteiger partial charge in [-0.25, -0.2) is 0 Å². The van der Waals surface area contributed by atoms with E-state index in [2.05, 4.69) is 15.9 Å². The summed E-state index contributed by atoms with van der Waals surface area (Å²) in [5.74, 6) is -0.459. The fourth-order valence-electron chi connectivity index (χ4n) is 2.31. The molecule has 0 saturated carbocycles. The summed E-state index contributed by atoms with van der Waals surface area (Å²) < 4.78 is 6.49. The lowest BCUT2D eigenvalue weighted by molar-refractivity contribution is -0.141. The van der Waals surface area contributed by atoms with Crippen LogP contribution in [0.15, 0.2) is 28.7 Å². The lowest BCUT2D eigenvalue weighted by Crippen LogP contribution is -2.30. The normalized spacial score (nSPS) is 17.8. The van der Waals surface area contributed by atoms with E-state index >= 15 is 0 Å². The molecule has 1 atom stereocenters. The average molecular weight is 356 g/mol. The summed E-state index contributed by atoms with van der Waals surface area (Å²) in [5.41, 5.74) is 0. The van der Waals surface area contributed by atoms with Crippen LogP contribution in [-0.4, -0.2) is 41.6 Å². The van der Waals surface area contributed by atoms with Gasteiger partial charge in [0, 0.05) is 19.5 Å². The summed E-state index contributed by atoms with van der Waals surface area (Å²) >= 11 is 3.40. The quantitative estimate of drug-likeness (QED) is 0.796. The summed E-state index contributed by atoms with van der Waals surface area (Å²) in [6.45, 7) is 1.34. The van der Waals surface area contributed by atoms with Crippen LogP contribution >= 0.6 is 15.9 Å². The number of likely N-dealkylation sites (tertiary alicyclic amines) is 1. The van der Waals surface area contributed by atoms with Gasteiger partial charge in [0.05, 0.1) is 17.0 Å². The molecule has 1 N–H and O–H groups in total. The number of hydrogen-bond acceptors (Lipinski definition) is 3. The minimum Gasteiger partial charge on any atom is -0.492 e. The van der Waals surface area contributed by atoms with Crippen LogP contribution < -0.4 is 4.74 Å². The van der Waals surface area contributed by atoms with Crippen molar-refractivity contribution in [1.82, 2.24) is 4.90 Å². The van der Waals surface area contributed by atoms with Gasteiger partial charge in [-0.3, -0.25) is 9.59 Å². The van der Waals surface area contributed by atoms with Crippen LogP contribution in [0.25, 0.3) is 0 Å². The van der Waals surface area contributed by atoms with Crippen molar-refractivity contribution in [1.29, 1.82) is 0 Å². The Morgan fingerprint density at radius 3 is 2.81 bits per heavy atom. The second kappa shape index (κ2) is 7.45. The molecule has 0 unspecified atom stereocenters. The van der Waals surface area contributed by atoms with Crippen molar-refractivity contribution < 1.29 is 19.4 Å². The van der Waals surface area contributed by atoms with Crippen molar-refractivity contribution in [2.45, 2.75) is 19.3 Å².